The Bertz CT molecular complexity index is 355. The Hall–Kier alpha value is -1.16. The SMILES string of the molecule is CCOC(=O)C(C)CSc1cccc(N)c1. The summed E-state index contributed by atoms with van der Waals surface area (Å²) < 4.78 is 4.94. The fraction of sp³-hybridized carbons (Fsp3) is 0.417. The van der Waals surface area contributed by atoms with Gasteiger partial charge in [-0.1, -0.05) is 13.0 Å². The fourth-order valence-corrected chi connectivity index (χ4v) is 2.15. The van der Waals surface area contributed by atoms with Crippen LogP contribution in [0.2, 0.25) is 0 Å². The van der Waals surface area contributed by atoms with Crippen LogP contribution < -0.4 is 5.73 Å². The second-order valence-corrected chi connectivity index (χ2v) is 4.63. The molecule has 0 bridgehead atoms. The minimum absolute atomic E-state index is 0.0913. The number of carbonyl (C=O) groups is 1. The van der Waals surface area contributed by atoms with Crippen LogP contribution in [0.25, 0.3) is 0 Å². The summed E-state index contributed by atoms with van der Waals surface area (Å²) in [5.41, 5.74) is 6.41. The molecule has 1 aromatic rings. The summed E-state index contributed by atoms with van der Waals surface area (Å²) in [4.78, 5) is 12.5. The van der Waals surface area contributed by atoms with Crippen molar-refractivity contribution in [2.45, 2.75) is 18.7 Å². The molecule has 0 saturated heterocycles. The van der Waals surface area contributed by atoms with E-state index in [1.54, 1.807) is 11.8 Å². The molecule has 3 nitrogen and oxygen atoms in total. The Balaban J connectivity index is 2.42. The number of thioether (sulfide) groups is 1. The molecule has 0 aliphatic carbocycles. The summed E-state index contributed by atoms with van der Waals surface area (Å²) in [6.07, 6.45) is 0. The van der Waals surface area contributed by atoms with Crippen LogP contribution in [-0.4, -0.2) is 18.3 Å². The van der Waals surface area contributed by atoms with Crippen molar-refractivity contribution in [1.82, 2.24) is 0 Å². The maximum absolute atomic E-state index is 11.4. The highest BCUT2D eigenvalue weighted by Gasteiger charge is 2.13. The zero-order chi connectivity index (χ0) is 12.0. The highest BCUT2D eigenvalue weighted by atomic mass is 32.2. The van der Waals surface area contributed by atoms with Crippen molar-refractivity contribution < 1.29 is 9.53 Å². The topological polar surface area (TPSA) is 52.3 Å². The molecular weight excluding hydrogens is 222 g/mol. The van der Waals surface area contributed by atoms with Gasteiger partial charge in [-0.15, -0.1) is 11.8 Å². The van der Waals surface area contributed by atoms with Crippen LogP contribution in [0.4, 0.5) is 5.69 Å². The second-order valence-electron chi connectivity index (χ2n) is 3.54. The molecule has 2 N–H and O–H groups in total. The molecule has 1 aromatic carbocycles. The number of carbonyl (C=O) groups excluding carboxylic acids is 1. The number of ether oxygens (including phenoxy) is 1. The second kappa shape index (κ2) is 6.43. The van der Waals surface area contributed by atoms with E-state index >= 15 is 0 Å². The lowest BCUT2D eigenvalue weighted by Gasteiger charge is -2.09. The maximum atomic E-state index is 11.4. The zero-order valence-corrected chi connectivity index (χ0v) is 10.4. The van der Waals surface area contributed by atoms with Crippen molar-refractivity contribution in [3.05, 3.63) is 24.3 Å². The Labute approximate surface area is 100 Å². The summed E-state index contributed by atoms with van der Waals surface area (Å²) in [7, 11) is 0. The van der Waals surface area contributed by atoms with Crippen LogP contribution in [0, 0.1) is 5.92 Å². The van der Waals surface area contributed by atoms with Crippen LogP contribution >= 0.6 is 11.8 Å². The van der Waals surface area contributed by atoms with Gasteiger partial charge in [-0.3, -0.25) is 4.79 Å². The van der Waals surface area contributed by atoms with E-state index in [1.165, 1.54) is 0 Å². The molecular formula is C12H17NO2S. The molecule has 0 aliphatic heterocycles. The number of nitrogen functional groups attached to an aromatic ring is 1. The third-order valence-corrected chi connectivity index (χ3v) is 3.30. The largest absolute Gasteiger partial charge is 0.466 e. The molecule has 0 saturated carbocycles. The Kier molecular flexibility index (Phi) is 5.19. The van der Waals surface area contributed by atoms with Gasteiger partial charge >= 0.3 is 5.97 Å². The molecule has 1 rings (SSSR count). The van der Waals surface area contributed by atoms with E-state index in [4.69, 9.17) is 10.5 Å². The van der Waals surface area contributed by atoms with E-state index in [0.717, 1.165) is 10.6 Å². The van der Waals surface area contributed by atoms with E-state index in [9.17, 15) is 4.79 Å². The van der Waals surface area contributed by atoms with Gasteiger partial charge in [0.05, 0.1) is 12.5 Å². The third-order valence-electron chi connectivity index (χ3n) is 2.05. The number of hydrogen-bond acceptors (Lipinski definition) is 4. The van der Waals surface area contributed by atoms with E-state index in [1.807, 2.05) is 38.1 Å². The van der Waals surface area contributed by atoms with Gasteiger partial charge in [0.25, 0.3) is 0 Å². The average Bonchev–Trinajstić information content (AvgIpc) is 2.26. The van der Waals surface area contributed by atoms with E-state index in [0.29, 0.717) is 12.4 Å². The molecule has 0 radical (unpaired) electrons. The van der Waals surface area contributed by atoms with Crippen molar-refractivity contribution in [3.63, 3.8) is 0 Å². The first kappa shape index (κ1) is 12.9. The van der Waals surface area contributed by atoms with Crippen LogP contribution in [0.5, 0.6) is 0 Å². The Morgan fingerprint density at radius 1 is 1.56 bits per heavy atom. The van der Waals surface area contributed by atoms with E-state index < -0.39 is 0 Å². The molecule has 1 atom stereocenters. The molecule has 0 fully saturated rings. The number of rotatable bonds is 5. The normalized spacial score (nSPS) is 12.1. The Morgan fingerprint density at radius 2 is 2.31 bits per heavy atom. The standard InChI is InChI=1S/C12H17NO2S/c1-3-15-12(14)9(2)8-16-11-6-4-5-10(13)7-11/h4-7,9H,3,8,13H2,1-2H3. The number of anilines is 1. The molecule has 4 heteroatoms. The summed E-state index contributed by atoms with van der Waals surface area (Å²) in [5.74, 6) is 0.479. The van der Waals surface area contributed by atoms with Crippen LogP contribution in [0.1, 0.15) is 13.8 Å². The smallest absolute Gasteiger partial charge is 0.309 e. The van der Waals surface area contributed by atoms with Gasteiger partial charge in [-0.25, -0.2) is 0 Å². The maximum Gasteiger partial charge on any atom is 0.309 e. The molecule has 0 aliphatic rings. The molecule has 0 aromatic heterocycles. The first-order valence-electron chi connectivity index (χ1n) is 5.28. The van der Waals surface area contributed by atoms with Crippen molar-refractivity contribution in [3.8, 4) is 0 Å². The van der Waals surface area contributed by atoms with Gasteiger partial charge < -0.3 is 10.5 Å². The van der Waals surface area contributed by atoms with Gasteiger partial charge in [0.1, 0.15) is 0 Å². The lowest BCUT2D eigenvalue weighted by atomic mass is 10.2. The van der Waals surface area contributed by atoms with E-state index in [-0.39, 0.29) is 11.9 Å². The molecule has 88 valence electrons. The van der Waals surface area contributed by atoms with Gasteiger partial charge in [0.2, 0.25) is 0 Å². The summed E-state index contributed by atoms with van der Waals surface area (Å²) in [6, 6.07) is 7.65. The van der Waals surface area contributed by atoms with Gasteiger partial charge in [-0.05, 0) is 25.1 Å². The quantitative estimate of drug-likeness (QED) is 0.487. The predicted molar refractivity (Wildman–Crippen MR) is 67.4 cm³/mol. The lowest BCUT2D eigenvalue weighted by molar-refractivity contribution is -0.146. The van der Waals surface area contributed by atoms with Gasteiger partial charge in [0, 0.05) is 16.3 Å². The van der Waals surface area contributed by atoms with Gasteiger partial charge in [-0.2, -0.15) is 0 Å². The predicted octanol–water partition coefficient (Wildman–Crippen LogP) is 2.56. The minimum atomic E-state index is -0.140. The van der Waals surface area contributed by atoms with Crippen molar-refractivity contribution in [2.24, 2.45) is 5.92 Å². The number of nitrogens with two attached hydrogens (primary N) is 1. The number of esters is 1. The Morgan fingerprint density at radius 3 is 2.94 bits per heavy atom. The first-order chi connectivity index (χ1) is 7.63. The van der Waals surface area contributed by atoms with Crippen LogP contribution in [0.3, 0.4) is 0 Å². The van der Waals surface area contributed by atoms with E-state index in [2.05, 4.69) is 0 Å². The molecule has 16 heavy (non-hydrogen) atoms. The third kappa shape index (κ3) is 4.14. The summed E-state index contributed by atoms with van der Waals surface area (Å²) in [5, 5.41) is 0. The molecule has 0 heterocycles. The van der Waals surface area contributed by atoms with Crippen LogP contribution in [-0.2, 0) is 9.53 Å². The lowest BCUT2D eigenvalue weighted by Crippen LogP contribution is -2.16. The average molecular weight is 239 g/mol. The van der Waals surface area contributed by atoms with Crippen molar-refractivity contribution in [1.29, 1.82) is 0 Å². The molecule has 1 unspecified atom stereocenters. The molecule has 0 amide bonds. The zero-order valence-electron chi connectivity index (χ0n) is 9.60. The van der Waals surface area contributed by atoms with Crippen molar-refractivity contribution >= 4 is 23.4 Å². The number of hydrogen-bond donors (Lipinski definition) is 1. The summed E-state index contributed by atoms with van der Waals surface area (Å²) in [6.45, 7) is 4.12. The highest BCUT2D eigenvalue weighted by Crippen LogP contribution is 2.22. The number of benzene rings is 1. The monoisotopic (exact) mass is 239 g/mol. The first-order valence-corrected chi connectivity index (χ1v) is 6.27. The van der Waals surface area contributed by atoms with Crippen molar-refractivity contribution in [2.75, 3.05) is 18.1 Å². The fourth-order valence-electron chi connectivity index (χ4n) is 1.18. The van der Waals surface area contributed by atoms with Crippen LogP contribution in [0.15, 0.2) is 29.2 Å². The summed E-state index contributed by atoms with van der Waals surface area (Å²) >= 11 is 1.62. The minimum Gasteiger partial charge on any atom is -0.466 e. The highest BCUT2D eigenvalue weighted by molar-refractivity contribution is 7.99. The van der Waals surface area contributed by atoms with Gasteiger partial charge in [0.15, 0.2) is 0 Å². The molecule has 0 spiro atoms.